The first-order valence-electron chi connectivity index (χ1n) is 8.45. The summed E-state index contributed by atoms with van der Waals surface area (Å²) in [7, 11) is 2.92. The van der Waals surface area contributed by atoms with Gasteiger partial charge in [-0.2, -0.15) is 0 Å². The van der Waals surface area contributed by atoms with Crippen LogP contribution in [-0.4, -0.2) is 31.1 Å². The Morgan fingerprint density at radius 3 is 2.14 bits per heavy atom. The molecule has 0 atom stereocenters. The highest BCUT2D eigenvalue weighted by Crippen LogP contribution is 2.19. The monoisotopic (exact) mass is 377 g/mol. The molecule has 0 fully saturated rings. The van der Waals surface area contributed by atoms with Gasteiger partial charge in [-0.05, 0) is 54.6 Å². The Morgan fingerprint density at radius 2 is 1.50 bits per heavy atom. The maximum atomic E-state index is 12.5. The van der Waals surface area contributed by atoms with Crippen molar-refractivity contribution in [2.24, 2.45) is 0 Å². The summed E-state index contributed by atoms with van der Waals surface area (Å²) in [4.78, 5) is 28.1. The number of benzene rings is 2. The largest absolute Gasteiger partial charge is 0.497 e. The van der Waals surface area contributed by atoms with E-state index in [1.54, 1.807) is 67.9 Å². The molecule has 2 N–H and O–H groups in total. The van der Waals surface area contributed by atoms with Crippen LogP contribution < -0.4 is 15.4 Å². The Morgan fingerprint density at radius 1 is 0.821 bits per heavy atom. The maximum Gasteiger partial charge on any atom is 0.337 e. The zero-order chi connectivity index (χ0) is 19.9. The fourth-order valence-corrected chi connectivity index (χ4v) is 2.48. The minimum absolute atomic E-state index is 0.276. The normalized spacial score (nSPS) is 10.1. The minimum atomic E-state index is -0.398. The number of esters is 1. The Hall–Kier alpha value is -3.87. The molecule has 0 spiro atoms. The van der Waals surface area contributed by atoms with Crippen LogP contribution in [0.25, 0.3) is 0 Å². The highest BCUT2D eigenvalue weighted by Gasteiger charge is 2.09. The van der Waals surface area contributed by atoms with Gasteiger partial charge in [0.15, 0.2) is 0 Å². The Balaban J connectivity index is 1.69. The van der Waals surface area contributed by atoms with Crippen LogP contribution in [0.15, 0.2) is 67.0 Å². The topological polar surface area (TPSA) is 89.5 Å². The number of anilines is 3. The number of methoxy groups -OCH3 is 2. The molecular formula is C21H19N3O4. The Bertz CT molecular complexity index is 970. The second-order valence-electron chi connectivity index (χ2n) is 5.84. The molecule has 0 aliphatic carbocycles. The lowest BCUT2D eigenvalue weighted by molar-refractivity contribution is 0.0600. The molecule has 142 valence electrons. The lowest BCUT2D eigenvalue weighted by atomic mass is 10.2. The van der Waals surface area contributed by atoms with Gasteiger partial charge in [0.25, 0.3) is 5.91 Å². The van der Waals surface area contributed by atoms with Gasteiger partial charge in [-0.15, -0.1) is 0 Å². The standard InChI is InChI=1S/C21H19N3O4/c1-27-19-9-7-17(8-10-19)24-20(25)15-11-18(13-22-12-15)23-16-5-3-14(4-6-16)21(26)28-2/h3-13,23H,1-2H3,(H,24,25). The maximum absolute atomic E-state index is 12.5. The summed E-state index contributed by atoms with van der Waals surface area (Å²) in [6.07, 6.45) is 3.10. The van der Waals surface area contributed by atoms with E-state index in [4.69, 9.17) is 4.74 Å². The third-order valence-electron chi connectivity index (χ3n) is 3.94. The predicted molar refractivity (Wildman–Crippen MR) is 106 cm³/mol. The third kappa shape index (κ3) is 4.64. The second-order valence-corrected chi connectivity index (χ2v) is 5.84. The van der Waals surface area contributed by atoms with Crippen molar-refractivity contribution >= 4 is 28.9 Å². The highest BCUT2D eigenvalue weighted by atomic mass is 16.5. The molecule has 28 heavy (non-hydrogen) atoms. The van der Waals surface area contributed by atoms with Gasteiger partial charge in [0.2, 0.25) is 0 Å². The van der Waals surface area contributed by atoms with E-state index in [0.29, 0.717) is 28.3 Å². The molecule has 0 aliphatic rings. The first-order valence-corrected chi connectivity index (χ1v) is 8.45. The summed E-state index contributed by atoms with van der Waals surface area (Å²) >= 11 is 0. The summed E-state index contributed by atoms with van der Waals surface area (Å²) in [5.41, 5.74) is 2.92. The highest BCUT2D eigenvalue weighted by molar-refractivity contribution is 6.04. The van der Waals surface area contributed by atoms with Crippen molar-refractivity contribution in [3.05, 3.63) is 78.1 Å². The second kappa shape index (κ2) is 8.68. The van der Waals surface area contributed by atoms with E-state index in [0.717, 1.165) is 5.69 Å². The number of nitrogens with zero attached hydrogens (tertiary/aromatic N) is 1. The third-order valence-corrected chi connectivity index (χ3v) is 3.94. The van der Waals surface area contributed by atoms with Crippen molar-refractivity contribution in [3.8, 4) is 5.75 Å². The lowest BCUT2D eigenvalue weighted by Crippen LogP contribution is -2.12. The summed E-state index contributed by atoms with van der Waals surface area (Å²) in [5, 5.41) is 5.96. The molecule has 0 bridgehead atoms. The first-order chi connectivity index (χ1) is 13.6. The number of hydrogen-bond donors (Lipinski definition) is 2. The number of ether oxygens (including phenoxy) is 2. The molecule has 3 rings (SSSR count). The van der Waals surface area contributed by atoms with E-state index in [1.165, 1.54) is 13.3 Å². The number of carbonyl (C=O) groups is 2. The smallest absolute Gasteiger partial charge is 0.337 e. The number of pyridine rings is 1. The summed E-state index contributed by atoms with van der Waals surface area (Å²) in [5.74, 6) is 0.0388. The van der Waals surface area contributed by atoms with Gasteiger partial charge in [0.1, 0.15) is 5.75 Å². The molecule has 1 heterocycles. The summed E-state index contributed by atoms with van der Waals surface area (Å²) in [6, 6.07) is 15.5. The molecule has 3 aromatic rings. The van der Waals surface area contributed by atoms with Gasteiger partial charge in [0.05, 0.1) is 37.2 Å². The summed E-state index contributed by atoms with van der Waals surface area (Å²) in [6.45, 7) is 0. The zero-order valence-electron chi connectivity index (χ0n) is 15.4. The number of amides is 1. The van der Waals surface area contributed by atoms with E-state index in [9.17, 15) is 9.59 Å². The molecule has 1 amide bonds. The lowest BCUT2D eigenvalue weighted by Gasteiger charge is -2.09. The zero-order valence-corrected chi connectivity index (χ0v) is 15.4. The number of nitrogens with one attached hydrogen (secondary N) is 2. The fraction of sp³-hybridized carbons (Fsp3) is 0.0952. The van der Waals surface area contributed by atoms with Gasteiger partial charge in [-0.25, -0.2) is 4.79 Å². The Kier molecular flexibility index (Phi) is 5.86. The number of aromatic nitrogens is 1. The molecule has 0 aliphatic heterocycles. The van der Waals surface area contributed by atoms with Gasteiger partial charge >= 0.3 is 5.97 Å². The predicted octanol–water partition coefficient (Wildman–Crippen LogP) is 3.87. The van der Waals surface area contributed by atoms with Crippen LogP contribution >= 0.6 is 0 Å². The van der Waals surface area contributed by atoms with E-state index in [1.807, 2.05) is 0 Å². The van der Waals surface area contributed by atoms with Gasteiger partial charge in [0, 0.05) is 17.6 Å². The molecule has 0 saturated heterocycles. The minimum Gasteiger partial charge on any atom is -0.497 e. The molecule has 0 radical (unpaired) electrons. The molecule has 7 nitrogen and oxygen atoms in total. The fourth-order valence-electron chi connectivity index (χ4n) is 2.48. The van der Waals surface area contributed by atoms with Crippen LogP contribution in [0.5, 0.6) is 5.75 Å². The molecule has 0 unspecified atom stereocenters. The van der Waals surface area contributed by atoms with Crippen molar-refractivity contribution in [1.82, 2.24) is 4.98 Å². The van der Waals surface area contributed by atoms with Crippen molar-refractivity contribution in [2.45, 2.75) is 0 Å². The van der Waals surface area contributed by atoms with Crippen LogP contribution in [-0.2, 0) is 4.74 Å². The molecule has 7 heteroatoms. The average Bonchev–Trinajstić information content (AvgIpc) is 2.74. The van der Waals surface area contributed by atoms with Crippen molar-refractivity contribution < 1.29 is 19.1 Å². The van der Waals surface area contributed by atoms with Gasteiger partial charge in [-0.1, -0.05) is 0 Å². The van der Waals surface area contributed by atoms with Crippen LogP contribution in [0.2, 0.25) is 0 Å². The number of carbonyl (C=O) groups excluding carboxylic acids is 2. The number of rotatable bonds is 6. The molecule has 1 aromatic heterocycles. The summed E-state index contributed by atoms with van der Waals surface area (Å²) < 4.78 is 9.78. The molecular weight excluding hydrogens is 358 g/mol. The molecule has 0 saturated carbocycles. The van der Waals surface area contributed by atoms with Crippen molar-refractivity contribution in [2.75, 3.05) is 24.9 Å². The SMILES string of the molecule is COC(=O)c1ccc(Nc2cncc(C(=O)Nc3ccc(OC)cc3)c2)cc1. The van der Waals surface area contributed by atoms with Crippen molar-refractivity contribution in [1.29, 1.82) is 0 Å². The van der Waals surface area contributed by atoms with Gasteiger partial charge < -0.3 is 20.1 Å². The number of hydrogen-bond acceptors (Lipinski definition) is 6. The van der Waals surface area contributed by atoms with Crippen molar-refractivity contribution in [3.63, 3.8) is 0 Å². The van der Waals surface area contributed by atoms with E-state index in [-0.39, 0.29) is 5.91 Å². The Labute approximate surface area is 162 Å². The van der Waals surface area contributed by atoms with Crippen LogP contribution in [0.4, 0.5) is 17.1 Å². The quantitative estimate of drug-likeness (QED) is 0.634. The first kappa shape index (κ1) is 18.9. The average molecular weight is 377 g/mol. The van der Waals surface area contributed by atoms with Gasteiger partial charge in [-0.3, -0.25) is 9.78 Å². The van der Waals surface area contributed by atoms with E-state index in [2.05, 4.69) is 20.4 Å². The van der Waals surface area contributed by atoms with E-state index < -0.39 is 5.97 Å². The van der Waals surface area contributed by atoms with Crippen LogP contribution in [0, 0.1) is 0 Å². The molecule has 2 aromatic carbocycles. The van der Waals surface area contributed by atoms with Crippen LogP contribution in [0.3, 0.4) is 0 Å². The van der Waals surface area contributed by atoms with E-state index >= 15 is 0 Å². The van der Waals surface area contributed by atoms with Crippen LogP contribution in [0.1, 0.15) is 20.7 Å².